The number of hydrogen-bond donors (Lipinski definition) is 3. The maximum Gasteiger partial charge on any atom is 0.344 e. The lowest BCUT2D eigenvalue weighted by atomic mass is 9.90. The Kier molecular flexibility index (Phi) is 3.03. The SMILES string of the molecule is CCC(C)(O)C(N)c1cnc(=O)[nH]c1. The van der Waals surface area contributed by atoms with Gasteiger partial charge in [0.15, 0.2) is 0 Å². The van der Waals surface area contributed by atoms with Crippen LogP contribution in [0.4, 0.5) is 0 Å². The zero-order valence-electron chi connectivity index (χ0n) is 8.32. The Hall–Kier alpha value is -1.20. The van der Waals surface area contributed by atoms with Crippen LogP contribution in [0.25, 0.3) is 0 Å². The standard InChI is InChI=1S/C9H15N3O2/c1-3-9(2,14)7(10)6-4-11-8(13)12-5-6/h4-5,7,14H,3,10H2,1-2H3,(H,11,12,13). The van der Waals surface area contributed by atoms with Gasteiger partial charge in [-0.3, -0.25) is 0 Å². The van der Waals surface area contributed by atoms with Gasteiger partial charge in [0, 0.05) is 18.0 Å². The lowest BCUT2D eigenvalue weighted by Crippen LogP contribution is -2.38. The second-order valence-corrected chi connectivity index (χ2v) is 3.54. The van der Waals surface area contributed by atoms with Gasteiger partial charge in [0.05, 0.1) is 11.6 Å². The highest BCUT2D eigenvalue weighted by Crippen LogP contribution is 2.24. The molecule has 14 heavy (non-hydrogen) atoms. The topological polar surface area (TPSA) is 92.0 Å². The fourth-order valence-corrected chi connectivity index (χ4v) is 1.10. The fraction of sp³-hybridized carbons (Fsp3) is 0.556. The maximum atomic E-state index is 10.7. The summed E-state index contributed by atoms with van der Waals surface area (Å²) in [5.41, 5.74) is 5.04. The van der Waals surface area contributed by atoms with E-state index in [0.29, 0.717) is 12.0 Å². The van der Waals surface area contributed by atoms with Gasteiger partial charge in [-0.15, -0.1) is 0 Å². The molecule has 0 fully saturated rings. The molecule has 2 atom stereocenters. The number of hydrogen-bond acceptors (Lipinski definition) is 4. The minimum atomic E-state index is -0.986. The second-order valence-electron chi connectivity index (χ2n) is 3.54. The summed E-state index contributed by atoms with van der Waals surface area (Å²) in [4.78, 5) is 16.7. The highest BCUT2D eigenvalue weighted by Gasteiger charge is 2.28. The molecule has 2 unspecified atom stereocenters. The van der Waals surface area contributed by atoms with Crippen molar-refractivity contribution in [1.29, 1.82) is 0 Å². The van der Waals surface area contributed by atoms with E-state index in [9.17, 15) is 9.90 Å². The number of rotatable bonds is 3. The van der Waals surface area contributed by atoms with E-state index in [0.717, 1.165) is 0 Å². The summed E-state index contributed by atoms with van der Waals surface area (Å²) < 4.78 is 0. The first-order chi connectivity index (χ1) is 6.47. The van der Waals surface area contributed by atoms with Crippen molar-refractivity contribution >= 4 is 0 Å². The largest absolute Gasteiger partial charge is 0.388 e. The minimum absolute atomic E-state index is 0.419. The Labute approximate surface area is 82.0 Å². The van der Waals surface area contributed by atoms with Crippen molar-refractivity contribution in [3.05, 3.63) is 28.4 Å². The van der Waals surface area contributed by atoms with Crippen LogP contribution in [0, 0.1) is 0 Å². The van der Waals surface area contributed by atoms with Gasteiger partial charge in [-0.05, 0) is 13.3 Å². The zero-order valence-corrected chi connectivity index (χ0v) is 8.32. The predicted octanol–water partition coefficient (Wildman–Crippen LogP) is -0.0693. The number of nitrogens with zero attached hydrogens (tertiary/aromatic N) is 1. The van der Waals surface area contributed by atoms with Crippen LogP contribution in [-0.4, -0.2) is 20.7 Å². The van der Waals surface area contributed by atoms with Crippen LogP contribution in [0.5, 0.6) is 0 Å². The smallest absolute Gasteiger partial charge is 0.344 e. The van der Waals surface area contributed by atoms with Crippen LogP contribution in [-0.2, 0) is 0 Å². The number of nitrogens with two attached hydrogens (primary N) is 1. The van der Waals surface area contributed by atoms with Gasteiger partial charge >= 0.3 is 5.69 Å². The fourth-order valence-electron chi connectivity index (χ4n) is 1.10. The molecule has 5 heteroatoms. The summed E-state index contributed by atoms with van der Waals surface area (Å²) in [6.45, 7) is 3.50. The average molecular weight is 197 g/mol. The van der Waals surface area contributed by atoms with Gasteiger partial charge in [0.25, 0.3) is 0 Å². The molecule has 0 bridgehead atoms. The quantitative estimate of drug-likeness (QED) is 0.632. The molecule has 78 valence electrons. The van der Waals surface area contributed by atoms with Crippen LogP contribution >= 0.6 is 0 Å². The molecular weight excluding hydrogens is 182 g/mol. The highest BCUT2D eigenvalue weighted by atomic mass is 16.3. The summed E-state index contributed by atoms with van der Waals surface area (Å²) in [7, 11) is 0. The third-order valence-electron chi connectivity index (χ3n) is 2.44. The first kappa shape index (κ1) is 10.9. The van der Waals surface area contributed by atoms with Gasteiger partial charge < -0.3 is 15.8 Å². The molecule has 0 aliphatic heterocycles. The molecular formula is C9H15N3O2. The molecule has 0 spiro atoms. The number of aliphatic hydroxyl groups is 1. The Morgan fingerprint density at radius 1 is 1.79 bits per heavy atom. The van der Waals surface area contributed by atoms with Gasteiger partial charge in [0.2, 0.25) is 0 Å². The molecule has 0 saturated heterocycles. The van der Waals surface area contributed by atoms with Gasteiger partial charge in [-0.2, -0.15) is 0 Å². The van der Waals surface area contributed by atoms with Crippen LogP contribution in [0.1, 0.15) is 31.9 Å². The van der Waals surface area contributed by atoms with Crippen molar-refractivity contribution in [1.82, 2.24) is 9.97 Å². The second kappa shape index (κ2) is 3.89. The zero-order chi connectivity index (χ0) is 10.8. The first-order valence-electron chi connectivity index (χ1n) is 4.50. The van der Waals surface area contributed by atoms with Gasteiger partial charge in [-0.1, -0.05) is 6.92 Å². The van der Waals surface area contributed by atoms with Crippen molar-refractivity contribution in [3.63, 3.8) is 0 Å². The van der Waals surface area contributed by atoms with Crippen LogP contribution in [0.15, 0.2) is 17.2 Å². The Morgan fingerprint density at radius 2 is 2.43 bits per heavy atom. The Morgan fingerprint density at radius 3 is 2.86 bits per heavy atom. The van der Waals surface area contributed by atoms with Crippen molar-refractivity contribution in [2.45, 2.75) is 31.9 Å². The van der Waals surface area contributed by atoms with Crippen molar-refractivity contribution in [2.24, 2.45) is 5.73 Å². The van der Waals surface area contributed by atoms with Gasteiger partial charge in [-0.25, -0.2) is 9.78 Å². The lowest BCUT2D eigenvalue weighted by Gasteiger charge is -2.28. The molecule has 5 nitrogen and oxygen atoms in total. The van der Waals surface area contributed by atoms with E-state index in [4.69, 9.17) is 5.73 Å². The summed E-state index contributed by atoms with van der Waals surface area (Å²) in [6, 6.07) is -0.545. The van der Waals surface area contributed by atoms with E-state index in [1.807, 2.05) is 6.92 Å². The highest BCUT2D eigenvalue weighted by molar-refractivity contribution is 5.13. The molecule has 1 rings (SSSR count). The molecule has 0 aliphatic rings. The van der Waals surface area contributed by atoms with E-state index in [1.165, 1.54) is 12.4 Å². The van der Waals surface area contributed by atoms with E-state index in [1.54, 1.807) is 6.92 Å². The van der Waals surface area contributed by atoms with Crippen LogP contribution < -0.4 is 11.4 Å². The van der Waals surface area contributed by atoms with E-state index < -0.39 is 17.3 Å². The number of aromatic nitrogens is 2. The molecule has 0 saturated carbocycles. The van der Waals surface area contributed by atoms with Crippen molar-refractivity contribution in [2.75, 3.05) is 0 Å². The normalized spacial score (nSPS) is 17.4. The van der Waals surface area contributed by atoms with Crippen molar-refractivity contribution in [3.8, 4) is 0 Å². The number of H-pyrrole nitrogens is 1. The summed E-state index contributed by atoms with van der Waals surface area (Å²) in [5.74, 6) is 0. The number of nitrogens with one attached hydrogen (secondary N) is 1. The third-order valence-corrected chi connectivity index (χ3v) is 2.44. The lowest BCUT2D eigenvalue weighted by molar-refractivity contribution is 0.0281. The maximum absolute atomic E-state index is 10.7. The van der Waals surface area contributed by atoms with E-state index in [-0.39, 0.29) is 0 Å². The average Bonchev–Trinajstić information content (AvgIpc) is 2.18. The van der Waals surface area contributed by atoms with Crippen molar-refractivity contribution < 1.29 is 5.11 Å². The molecule has 0 amide bonds. The van der Waals surface area contributed by atoms with E-state index >= 15 is 0 Å². The molecule has 1 aromatic rings. The molecule has 0 radical (unpaired) electrons. The molecule has 4 N–H and O–H groups in total. The molecule has 1 aromatic heterocycles. The predicted molar refractivity (Wildman–Crippen MR) is 52.7 cm³/mol. The Balaban J connectivity index is 2.95. The first-order valence-corrected chi connectivity index (χ1v) is 4.50. The molecule has 0 aliphatic carbocycles. The minimum Gasteiger partial charge on any atom is -0.388 e. The van der Waals surface area contributed by atoms with Crippen LogP contribution in [0.2, 0.25) is 0 Å². The monoisotopic (exact) mass is 197 g/mol. The third kappa shape index (κ3) is 2.18. The Bertz CT molecular complexity index is 339. The molecule has 1 heterocycles. The van der Waals surface area contributed by atoms with Gasteiger partial charge in [0.1, 0.15) is 0 Å². The van der Waals surface area contributed by atoms with E-state index in [2.05, 4.69) is 9.97 Å². The number of aromatic amines is 1. The molecule has 0 aromatic carbocycles. The van der Waals surface area contributed by atoms with Crippen LogP contribution in [0.3, 0.4) is 0 Å². The summed E-state index contributed by atoms with van der Waals surface area (Å²) in [5, 5.41) is 9.87. The summed E-state index contributed by atoms with van der Waals surface area (Å²) in [6.07, 6.45) is 3.39. The summed E-state index contributed by atoms with van der Waals surface area (Å²) >= 11 is 0.